The van der Waals surface area contributed by atoms with Gasteiger partial charge in [0.2, 0.25) is 0 Å². The molecule has 6 rings (SSSR count). The van der Waals surface area contributed by atoms with Crippen LogP contribution in [-0.4, -0.2) is 52.1 Å². The number of likely N-dealkylation sites (tertiary alicyclic amines) is 1. The highest BCUT2D eigenvalue weighted by Crippen LogP contribution is 2.48. The zero-order valence-electron chi connectivity index (χ0n) is 19.9. The maximum absolute atomic E-state index is 13.8. The number of ether oxygens (including phenoxy) is 2. The number of fused-ring (bicyclic) bond motifs is 2. The monoisotopic (exact) mass is 482 g/mol. The van der Waals surface area contributed by atoms with Crippen LogP contribution >= 0.6 is 0 Å². The van der Waals surface area contributed by atoms with Crippen molar-refractivity contribution in [3.8, 4) is 5.75 Å². The molecule has 184 valence electrons. The lowest BCUT2D eigenvalue weighted by Crippen LogP contribution is -2.51. The second-order valence-corrected chi connectivity index (χ2v) is 10.7. The van der Waals surface area contributed by atoms with Gasteiger partial charge in [-0.05, 0) is 56.0 Å². The first kappa shape index (κ1) is 22.5. The minimum atomic E-state index is -0.997. The fourth-order valence-corrected chi connectivity index (χ4v) is 6.17. The number of carbonyl (C=O) groups is 2. The van der Waals surface area contributed by atoms with Crippen LogP contribution in [0.1, 0.15) is 67.1 Å². The number of hydrogen-bond donors (Lipinski definition) is 0. The average molecular weight is 483 g/mol. The summed E-state index contributed by atoms with van der Waals surface area (Å²) in [6, 6.07) is 8.67. The topological polar surface area (TPSA) is 59.1 Å². The zero-order valence-corrected chi connectivity index (χ0v) is 19.9. The van der Waals surface area contributed by atoms with Crippen molar-refractivity contribution in [1.82, 2.24) is 9.80 Å². The van der Waals surface area contributed by atoms with E-state index in [0.717, 1.165) is 18.1 Å². The molecule has 0 radical (unpaired) electrons. The van der Waals surface area contributed by atoms with Crippen molar-refractivity contribution in [2.24, 2.45) is 0 Å². The van der Waals surface area contributed by atoms with Gasteiger partial charge in [0, 0.05) is 38.4 Å². The molecule has 2 amide bonds. The van der Waals surface area contributed by atoms with E-state index >= 15 is 0 Å². The van der Waals surface area contributed by atoms with Gasteiger partial charge in [0.15, 0.2) is 5.60 Å². The van der Waals surface area contributed by atoms with Crippen molar-refractivity contribution < 1.29 is 27.8 Å². The largest absolute Gasteiger partial charge is 0.486 e. The van der Waals surface area contributed by atoms with E-state index in [-0.39, 0.29) is 17.4 Å². The fourth-order valence-electron chi connectivity index (χ4n) is 6.17. The lowest BCUT2D eigenvalue weighted by Gasteiger charge is -2.37. The normalized spacial score (nSPS) is 26.1. The third-order valence-corrected chi connectivity index (χ3v) is 7.77. The molecule has 0 aliphatic carbocycles. The minimum Gasteiger partial charge on any atom is -0.486 e. The summed E-state index contributed by atoms with van der Waals surface area (Å²) in [6.45, 7) is 4.79. The van der Waals surface area contributed by atoms with Gasteiger partial charge >= 0.3 is 0 Å². The van der Waals surface area contributed by atoms with Crippen LogP contribution in [0, 0.1) is 11.6 Å². The van der Waals surface area contributed by atoms with Crippen LogP contribution in [-0.2, 0) is 16.0 Å². The van der Waals surface area contributed by atoms with E-state index in [2.05, 4.69) is 0 Å². The van der Waals surface area contributed by atoms with Gasteiger partial charge in [0.05, 0.1) is 11.6 Å². The maximum atomic E-state index is 13.8. The molecule has 35 heavy (non-hydrogen) atoms. The van der Waals surface area contributed by atoms with Crippen LogP contribution in [0.4, 0.5) is 8.78 Å². The van der Waals surface area contributed by atoms with Gasteiger partial charge in [-0.15, -0.1) is 0 Å². The molecule has 2 unspecified atom stereocenters. The first-order valence-corrected chi connectivity index (χ1v) is 12.2. The number of hydrogen-bond acceptors (Lipinski definition) is 4. The Morgan fingerprint density at radius 2 is 1.77 bits per heavy atom. The second-order valence-electron chi connectivity index (χ2n) is 10.7. The van der Waals surface area contributed by atoms with Gasteiger partial charge in [-0.2, -0.15) is 0 Å². The highest BCUT2D eigenvalue weighted by Gasteiger charge is 2.58. The molecule has 4 aliphatic rings. The molecule has 1 spiro atoms. The van der Waals surface area contributed by atoms with Gasteiger partial charge in [0.25, 0.3) is 11.8 Å². The predicted molar refractivity (Wildman–Crippen MR) is 123 cm³/mol. The number of amides is 2. The van der Waals surface area contributed by atoms with E-state index < -0.39 is 29.5 Å². The Labute approximate surface area is 202 Å². The molecule has 4 aliphatic heterocycles. The van der Waals surface area contributed by atoms with Crippen LogP contribution in [0.3, 0.4) is 0 Å². The van der Waals surface area contributed by atoms with Gasteiger partial charge in [-0.25, -0.2) is 8.78 Å². The fraction of sp³-hybridized carbons (Fsp3) is 0.481. The second kappa shape index (κ2) is 7.75. The molecule has 2 aromatic carbocycles. The first-order valence-electron chi connectivity index (χ1n) is 12.2. The summed E-state index contributed by atoms with van der Waals surface area (Å²) in [5.74, 6) is -0.905. The molecular weight excluding hydrogens is 454 g/mol. The number of benzene rings is 2. The number of carbonyl (C=O) groups excluding carboxylic acids is 2. The Kier molecular flexibility index (Phi) is 4.97. The van der Waals surface area contributed by atoms with Crippen molar-refractivity contribution in [1.29, 1.82) is 0 Å². The Morgan fingerprint density at radius 3 is 2.49 bits per heavy atom. The lowest BCUT2D eigenvalue weighted by molar-refractivity contribution is -0.142. The van der Waals surface area contributed by atoms with Crippen molar-refractivity contribution in [3.05, 3.63) is 64.7 Å². The Bertz CT molecular complexity index is 1200. The summed E-state index contributed by atoms with van der Waals surface area (Å²) in [7, 11) is 0. The third-order valence-electron chi connectivity index (χ3n) is 7.77. The molecule has 3 saturated heterocycles. The third kappa shape index (κ3) is 3.61. The summed E-state index contributed by atoms with van der Waals surface area (Å²) in [4.78, 5) is 30.4. The van der Waals surface area contributed by atoms with Gasteiger partial charge in [0.1, 0.15) is 29.2 Å². The molecular formula is C27H28F2N2O4. The number of rotatable bonds is 2. The average Bonchev–Trinajstić information content (AvgIpc) is 3.43. The van der Waals surface area contributed by atoms with Crippen LogP contribution < -0.4 is 4.74 Å². The Hall–Kier alpha value is -3.00. The number of para-hydroxylation sites is 1. The quantitative estimate of drug-likeness (QED) is 0.638. The van der Waals surface area contributed by atoms with E-state index in [0.29, 0.717) is 55.6 Å². The molecule has 2 atom stereocenters. The Balaban J connectivity index is 1.18. The smallest absolute Gasteiger partial charge is 0.257 e. The molecule has 0 saturated carbocycles. The zero-order chi connectivity index (χ0) is 24.5. The van der Waals surface area contributed by atoms with Crippen molar-refractivity contribution in [2.75, 3.05) is 13.1 Å². The first-order chi connectivity index (χ1) is 16.7. The predicted octanol–water partition coefficient (Wildman–Crippen LogP) is 4.37. The van der Waals surface area contributed by atoms with Crippen LogP contribution in [0.5, 0.6) is 5.75 Å². The van der Waals surface area contributed by atoms with Gasteiger partial charge in [-0.1, -0.05) is 12.1 Å². The lowest BCUT2D eigenvalue weighted by atomic mass is 9.89. The van der Waals surface area contributed by atoms with Crippen molar-refractivity contribution in [2.45, 2.75) is 69.4 Å². The molecule has 0 bridgehead atoms. The van der Waals surface area contributed by atoms with Crippen LogP contribution in [0.15, 0.2) is 36.4 Å². The summed E-state index contributed by atoms with van der Waals surface area (Å²) in [6.07, 6.45) is 2.32. The van der Waals surface area contributed by atoms with E-state index in [1.807, 2.05) is 26.0 Å². The molecule has 0 N–H and O–H groups in total. The van der Waals surface area contributed by atoms with Crippen LogP contribution in [0.25, 0.3) is 0 Å². The summed E-state index contributed by atoms with van der Waals surface area (Å²) in [5, 5.41) is 0. The summed E-state index contributed by atoms with van der Waals surface area (Å²) in [5.41, 5.74) is 0.693. The minimum absolute atomic E-state index is 0.103. The van der Waals surface area contributed by atoms with E-state index in [1.165, 1.54) is 12.1 Å². The van der Waals surface area contributed by atoms with Gasteiger partial charge in [-0.3, -0.25) is 9.59 Å². The maximum Gasteiger partial charge on any atom is 0.257 e. The molecule has 2 aromatic rings. The summed E-state index contributed by atoms with van der Waals surface area (Å²) < 4.78 is 40.0. The molecule has 0 aromatic heterocycles. The molecule has 4 heterocycles. The van der Waals surface area contributed by atoms with Gasteiger partial charge < -0.3 is 19.3 Å². The summed E-state index contributed by atoms with van der Waals surface area (Å²) >= 11 is 0. The standard InChI is InChI=1S/C27H28F2N2O4/c1-26(2)15-16-4-3-5-20(23(16)35-26)24(32)30-10-8-27(9-11-30)25(33)31-21(6-7-22(31)34-27)17-12-18(28)14-19(29)13-17/h3-5,12-14,21-22H,6-11,15H2,1-2H3. The number of nitrogens with zero attached hydrogens (tertiary/aromatic N) is 2. The molecule has 3 fully saturated rings. The van der Waals surface area contributed by atoms with E-state index in [9.17, 15) is 18.4 Å². The van der Waals surface area contributed by atoms with Crippen molar-refractivity contribution in [3.63, 3.8) is 0 Å². The highest BCUT2D eigenvalue weighted by molar-refractivity contribution is 5.98. The van der Waals surface area contributed by atoms with Crippen LogP contribution in [0.2, 0.25) is 0 Å². The molecule has 8 heteroatoms. The Morgan fingerprint density at radius 1 is 1.06 bits per heavy atom. The number of halogens is 2. The van der Waals surface area contributed by atoms with Crippen molar-refractivity contribution >= 4 is 11.8 Å². The molecule has 6 nitrogen and oxygen atoms in total. The van der Waals surface area contributed by atoms with E-state index in [1.54, 1.807) is 15.9 Å². The number of piperidine rings is 1. The SMILES string of the molecule is CC1(C)Cc2cccc(C(=O)N3CCC4(CC3)OC3CCC(c5cc(F)cc(F)c5)N3C4=O)c2O1. The van der Waals surface area contributed by atoms with E-state index in [4.69, 9.17) is 9.47 Å². The highest BCUT2D eigenvalue weighted by atomic mass is 19.1.